The highest BCUT2D eigenvalue weighted by Crippen LogP contribution is 2.25. The van der Waals surface area contributed by atoms with Crippen LogP contribution in [0.3, 0.4) is 0 Å². The summed E-state index contributed by atoms with van der Waals surface area (Å²) < 4.78 is 0.298. The van der Waals surface area contributed by atoms with Gasteiger partial charge in [-0.15, -0.1) is 0 Å². The molecule has 7 heteroatoms. The number of hydrogen-bond acceptors (Lipinski definition) is 3. The Morgan fingerprint density at radius 1 is 1.24 bits per heavy atom. The number of carbonyl (C=O) groups excluding carboxylic acids is 1. The Morgan fingerprint density at radius 2 is 1.82 bits per heavy atom. The first-order valence-electron chi connectivity index (χ1n) is 4.99. The summed E-state index contributed by atoms with van der Waals surface area (Å²) in [6, 6.07) is -0.286. The number of carbonyl (C=O) groups is 3. The number of carboxylic acids is 2. The quantitative estimate of drug-likeness (QED) is 0.506. The van der Waals surface area contributed by atoms with E-state index in [1.54, 1.807) is 0 Å². The normalized spacial score (nSPS) is 19.9. The SMILES string of the molecule is O=C(CI)NC1CCC(C(=O)O)=C(C(=O)O)C1. The molecule has 0 bridgehead atoms. The summed E-state index contributed by atoms with van der Waals surface area (Å²) in [5.41, 5.74) is -0.167. The van der Waals surface area contributed by atoms with E-state index in [1.165, 1.54) is 0 Å². The largest absolute Gasteiger partial charge is 0.478 e. The lowest BCUT2D eigenvalue weighted by atomic mass is 9.88. The van der Waals surface area contributed by atoms with E-state index in [9.17, 15) is 14.4 Å². The zero-order valence-electron chi connectivity index (χ0n) is 8.90. The third kappa shape index (κ3) is 3.69. The van der Waals surface area contributed by atoms with E-state index < -0.39 is 11.9 Å². The fourth-order valence-corrected chi connectivity index (χ4v) is 2.00. The Hall–Kier alpha value is -1.12. The van der Waals surface area contributed by atoms with Crippen LogP contribution in [-0.2, 0) is 14.4 Å². The summed E-state index contributed by atoms with van der Waals surface area (Å²) >= 11 is 1.91. The highest BCUT2D eigenvalue weighted by atomic mass is 127. The number of nitrogens with one attached hydrogen (secondary N) is 1. The molecule has 0 spiro atoms. The van der Waals surface area contributed by atoms with Crippen LogP contribution in [0.5, 0.6) is 0 Å². The number of amides is 1. The maximum Gasteiger partial charge on any atom is 0.332 e. The lowest BCUT2D eigenvalue weighted by Crippen LogP contribution is -2.39. The van der Waals surface area contributed by atoms with Crippen molar-refractivity contribution in [2.75, 3.05) is 4.43 Å². The third-order valence-electron chi connectivity index (χ3n) is 2.56. The minimum Gasteiger partial charge on any atom is -0.478 e. The summed E-state index contributed by atoms with van der Waals surface area (Å²) in [5, 5.41) is 20.5. The van der Waals surface area contributed by atoms with Crippen LogP contribution in [0.4, 0.5) is 0 Å². The molecule has 0 aliphatic heterocycles. The van der Waals surface area contributed by atoms with Crippen molar-refractivity contribution in [2.24, 2.45) is 0 Å². The standard InChI is InChI=1S/C10H12INO5/c11-4-8(13)12-5-1-2-6(9(14)15)7(3-5)10(16)17/h5H,1-4H2,(H,12,13)(H,14,15)(H,16,17). The molecule has 0 heterocycles. The minimum atomic E-state index is -1.23. The van der Waals surface area contributed by atoms with Crippen molar-refractivity contribution in [2.45, 2.75) is 25.3 Å². The van der Waals surface area contributed by atoms with Crippen molar-refractivity contribution in [1.29, 1.82) is 0 Å². The Balaban J connectivity index is 2.82. The van der Waals surface area contributed by atoms with E-state index in [0.717, 1.165) is 0 Å². The summed E-state index contributed by atoms with van der Waals surface area (Å²) in [4.78, 5) is 33.0. The van der Waals surface area contributed by atoms with E-state index in [0.29, 0.717) is 10.8 Å². The van der Waals surface area contributed by atoms with Crippen LogP contribution in [-0.4, -0.2) is 38.5 Å². The summed E-state index contributed by atoms with van der Waals surface area (Å²) in [5.74, 6) is -2.59. The fraction of sp³-hybridized carbons (Fsp3) is 0.500. The Labute approximate surface area is 111 Å². The molecule has 0 fully saturated rings. The first-order chi connectivity index (χ1) is 7.95. The minimum absolute atomic E-state index is 0.0579. The zero-order valence-corrected chi connectivity index (χ0v) is 11.1. The Kier molecular flexibility index (Phi) is 4.91. The third-order valence-corrected chi connectivity index (χ3v) is 3.25. The van der Waals surface area contributed by atoms with Crippen molar-refractivity contribution < 1.29 is 24.6 Å². The zero-order chi connectivity index (χ0) is 13.0. The molecule has 0 radical (unpaired) electrons. The van der Waals surface area contributed by atoms with Crippen LogP contribution in [0.25, 0.3) is 0 Å². The summed E-state index contributed by atoms with van der Waals surface area (Å²) in [6.45, 7) is 0. The number of aliphatic carboxylic acids is 2. The van der Waals surface area contributed by atoms with Gasteiger partial charge in [0.1, 0.15) is 0 Å². The fourth-order valence-electron chi connectivity index (χ4n) is 1.78. The second-order valence-corrected chi connectivity index (χ2v) is 4.47. The van der Waals surface area contributed by atoms with Crippen LogP contribution < -0.4 is 5.32 Å². The highest BCUT2D eigenvalue weighted by molar-refractivity contribution is 14.1. The van der Waals surface area contributed by atoms with Gasteiger partial charge in [-0.1, -0.05) is 22.6 Å². The first-order valence-corrected chi connectivity index (χ1v) is 6.52. The number of carboxylic acid groups (broad SMARTS) is 2. The number of rotatable bonds is 4. The van der Waals surface area contributed by atoms with Gasteiger partial charge in [0.25, 0.3) is 0 Å². The van der Waals surface area contributed by atoms with E-state index in [2.05, 4.69) is 5.32 Å². The van der Waals surface area contributed by atoms with Crippen molar-refractivity contribution in [3.63, 3.8) is 0 Å². The second-order valence-electron chi connectivity index (χ2n) is 3.71. The molecular weight excluding hydrogens is 341 g/mol. The number of hydrogen-bond donors (Lipinski definition) is 3. The van der Waals surface area contributed by atoms with E-state index >= 15 is 0 Å². The molecule has 0 saturated heterocycles. The molecule has 94 valence electrons. The number of halogens is 1. The molecule has 0 saturated carbocycles. The molecule has 0 aromatic rings. The van der Waals surface area contributed by atoms with Gasteiger partial charge in [0.15, 0.2) is 0 Å². The maximum atomic E-state index is 11.2. The van der Waals surface area contributed by atoms with Crippen LogP contribution in [0.15, 0.2) is 11.1 Å². The molecule has 1 unspecified atom stereocenters. The predicted molar refractivity (Wildman–Crippen MR) is 67.0 cm³/mol. The molecule has 1 aliphatic carbocycles. The van der Waals surface area contributed by atoms with E-state index in [4.69, 9.17) is 10.2 Å². The van der Waals surface area contributed by atoms with Gasteiger partial charge in [-0.25, -0.2) is 9.59 Å². The van der Waals surface area contributed by atoms with E-state index in [1.807, 2.05) is 22.6 Å². The summed E-state index contributed by atoms with van der Waals surface area (Å²) in [7, 11) is 0. The molecule has 0 aromatic heterocycles. The van der Waals surface area contributed by atoms with Crippen LogP contribution in [0.2, 0.25) is 0 Å². The molecule has 1 atom stereocenters. The van der Waals surface area contributed by atoms with E-state index in [-0.39, 0.29) is 35.9 Å². The smallest absolute Gasteiger partial charge is 0.332 e. The molecule has 0 aromatic carbocycles. The Morgan fingerprint density at radius 3 is 2.29 bits per heavy atom. The van der Waals surface area contributed by atoms with Crippen LogP contribution in [0.1, 0.15) is 19.3 Å². The van der Waals surface area contributed by atoms with Gasteiger partial charge < -0.3 is 15.5 Å². The van der Waals surface area contributed by atoms with Crippen LogP contribution in [0, 0.1) is 0 Å². The van der Waals surface area contributed by atoms with Gasteiger partial charge in [-0.05, 0) is 12.8 Å². The molecule has 1 rings (SSSR count). The molecule has 3 N–H and O–H groups in total. The first kappa shape index (κ1) is 13.9. The van der Waals surface area contributed by atoms with Gasteiger partial charge in [0, 0.05) is 23.6 Å². The Bertz CT molecular complexity index is 390. The molecule has 17 heavy (non-hydrogen) atoms. The summed E-state index contributed by atoms with van der Waals surface area (Å²) in [6.07, 6.45) is 0.698. The van der Waals surface area contributed by atoms with Crippen molar-refractivity contribution >= 4 is 40.4 Å². The topological polar surface area (TPSA) is 104 Å². The average molecular weight is 353 g/mol. The molecule has 1 aliphatic rings. The van der Waals surface area contributed by atoms with Crippen molar-refractivity contribution in [3.8, 4) is 0 Å². The van der Waals surface area contributed by atoms with Crippen molar-refractivity contribution in [3.05, 3.63) is 11.1 Å². The van der Waals surface area contributed by atoms with Gasteiger partial charge >= 0.3 is 11.9 Å². The van der Waals surface area contributed by atoms with Crippen molar-refractivity contribution in [1.82, 2.24) is 5.32 Å². The lowest BCUT2D eigenvalue weighted by molar-refractivity contribution is -0.136. The predicted octanol–water partition coefficient (Wildman–Crippen LogP) is 0.556. The molecule has 6 nitrogen and oxygen atoms in total. The number of alkyl halides is 1. The maximum absolute atomic E-state index is 11.2. The monoisotopic (exact) mass is 353 g/mol. The second kappa shape index (κ2) is 5.99. The lowest BCUT2D eigenvalue weighted by Gasteiger charge is -2.24. The van der Waals surface area contributed by atoms with Crippen LogP contribution >= 0.6 is 22.6 Å². The van der Waals surface area contributed by atoms with Gasteiger partial charge in [0.2, 0.25) is 5.91 Å². The molecular formula is C10H12INO5. The molecule has 1 amide bonds. The van der Waals surface area contributed by atoms with Gasteiger partial charge in [-0.2, -0.15) is 0 Å². The van der Waals surface area contributed by atoms with Gasteiger partial charge in [0.05, 0.1) is 4.43 Å². The average Bonchev–Trinajstić information content (AvgIpc) is 2.28. The highest BCUT2D eigenvalue weighted by Gasteiger charge is 2.29. The van der Waals surface area contributed by atoms with Gasteiger partial charge in [-0.3, -0.25) is 4.79 Å².